The Morgan fingerprint density at radius 2 is 1.68 bits per heavy atom. The SMILES string of the molecule is CCN1CCN(Cc2cnc(-c3ccccc3)nc2)CCOc2ccccc2CC1=O. The van der Waals surface area contributed by atoms with Crippen molar-refractivity contribution < 1.29 is 9.53 Å². The Kier molecular flexibility index (Phi) is 6.89. The van der Waals surface area contributed by atoms with Gasteiger partial charge in [0.05, 0.1) is 6.42 Å². The second-order valence-corrected chi connectivity index (χ2v) is 7.66. The van der Waals surface area contributed by atoms with Gasteiger partial charge in [-0.25, -0.2) is 9.97 Å². The maximum absolute atomic E-state index is 12.8. The summed E-state index contributed by atoms with van der Waals surface area (Å²) in [6.07, 6.45) is 4.15. The van der Waals surface area contributed by atoms with Crippen molar-refractivity contribution in [2.45, 2.75) is 19.9 Å². The molecule has 0 spiro atoms. The topological polar surface area (TPSA) is 58.6 Å². The highest BCUT2D eigenvalue weighted by Crippen LogP contribution is 2.20. The Bertz CT molecular complexity index is 992. The number of benzene rings is 2. The average Bonchev–Trinajstić information content (AvgIpc) is 2.83. The fourth-order valence-corrected chi connectivity index (χ4v) is 3.77. The van der Waals surface area contributed by atoms with Crippen LogP contribution in [0.1, 0.15) is 18.1 Å². The highest BCUT2D eigenvalue weighted by atomic mass is 16.5. The molecule has 0 saturated carbocycles. The Labute approximate surface area is 183 Å². The number of ether oxygens (including phenoxy) is 1. The smallest absolute Gasteiger partial charge is 0.227 e. The number of carbonyl (C=O) groups is 1. The van der Waals surface area contributed by atoms with E-state index in [0.717, 1.165) is 41.4 Å². The Morgan fingerprint density at radius 1 is 0.935 bits per heavy atom. The molecule has 1 amide bonds. The number of carbonyl (C=O) groups excluding carboxylic acids is 1. The first-order valence-electron chi connectivity index (χ1n) is 10.8. The van der Waals surface area contributed by atoms with Gasteiger partial charge in [0.15, 0.2) is 5.82 Å². The van der Waals surface area contributed by atoms with Crippen molar-refractivity contribution in [3.63, 3.8) is 0 Å². The molecule has 160 valence electrons. The molecule has 0 fully saturated rings. The summed E-state index contributed by atoms with van der Waals surface area (Å²) in [4.78, 5) is 26.1. The van der Waals surface area contributed by atoms with Gasteiger partial charge in [0, 0.05) is 61.8 Å². The van der Waals surface area contributed by atoms with E-state index in [-0.39, 0.29) is 5.91 Å². The average molecular weight is 417 g/mol. The van der Waals surface area contributed by atoms with Crippen LogP contribution in [-0.2, 0) is 17.8 Å². The van der Waals surface area contributed by atoms with Crippen molar-refractivity contribution in [3.05, 3.63) is 78.1 Å². The van der Waals surface area contributed by atoms with E-state index in [2.05, 4.69) is 14.9 Å². The molecule has 6 heteroatoms. The Hall–Kier alpha value is -3.25. The van der Waals surface area contributed by atoms with Gasteiger partial charge >= 0.3 is 0 Å². The molecular formula is C25H28N4O2. The summed E-state index contributed by atoms with van der Waals surface area (Å²) >= 11 is 0. The van der Waals surface area contributed by atoms with Gasteiger partial charge in [0.25, 0.3) is 0 Å². The van der Waals surface area contributed by atoms with Crippen molar-refractivity contribution in [2.24, 2.45) is 0 Å². The summed E-state index contributed by atoms with van der Waals surface area (Å²) in [5, 5.41) is 0. The number of aromatic nitrogens is 2. The van der Waals surface area contributed by atoms with Crippen molar-refractivity contribution in [1.29, 1.82) is 0 Å². The summed E-state index contributed by atoms with van der Waals surface area (Å²) in [5.74, 6) is 1.66. The van der Waals surface area contributed by atoms with E-state index < -0.39 is 0 Å². The van der Waals surface area contributed by atoms with Crippen molar-refractivity contribution in [3.8, 4) is 17.1 Å². The minimum Gasteiger partial charge on any atom is -0.492 e. The Balaban J connectivity index is 1.47. The first-order chi connectivity index (χ1) is 15.2. The number of amides is 1. The number of likely N-dealkylation sites (N-methyl/N-ethyl adjacent to an activating group) is 1. The molecule has 3 aromatic rings. The summed E-state index contributed by atoms with van der Waals surface area (Å²) in [5.41, 5.74) is 3.00. The van der Waals surface area contributed by atoms with Crippen LogP contribution in [0, 0.1) is 0 Å². The molecule has 4 rings (SSSR count). The zero-order valence-corrected chi connectivity index (χ0v) is 17.9. The third-order valence-corrected chi connectivity index (χ3v) is 5.54. The zero-order chi connectivity index (χ0) is 21.5. The van der Waals surface area contributed by atoms with Crippen LogP contribution < -0.4 is 4.74 Å². The van der Waals surface area contributed by atoms with E-state index in [4.69, 9.17) is 4.74 Å². The van der Waals surface area contributed by atoms with Gasteiger partial charge in [-0.3, -0.25) is 9.69 Å². The molecule has 2 heterocycles. The first-order valence-corrected chi connectivity index (χ1v) is 10.8. The molecule has 6 nitrogen and oxygen atoms in total. The molecule has 1 aliphatic rings. The standard InChI is InChI=1S/C25H28N4O2/c1-2-29-13-12-28(14-15-31-23-11-7-6-10-22(23)16-24(29)30)19-20-17-26-25(27-18-20)21-8-4-3-5-9-21/h3-11,17-18H,2,12-16,19H2,1H3. The maximum Gasteiger partial charge on any atom is 0.227 e. The lowest BCUT2D eigenvalue weighted by Gasteiger charge is -2.26. The monoisotopic (exact) mass is 416 g/mol. The van der Waals surface area contributed by atoms with Gasteiger partial charge in [-0.1, -0.05) is 48.5 Å². The molecule has 0 saturated heterocycles. The van der Waals surface area contributed by atoms with Crippen molar-refractivity contribution >= 4 is 5.91 Å². The second-order valence-electron chi connectivity index (χ2n) is 7.66. The molecule has 0 N–H and O–H groups in total. The number of hydrogen-bond acceptors (Lipinski definition) is 5. The molecule has 1 aromatic heterocycles. The second kappa shape index (κ2) is 10.2. The van der Waals surface area contributed by atoms with Gasteiger partial charge in [0.2, 0.25) is 5.91 Å². The quantitative estimate of drug-likeness (QED) is 0.652. The van der Waals surface area contributed by atoms with E-state index in [1.807, 2.05) is 78.8 Å². The summed E-state index contributed by atoms with van der Waals surface area (Å²) in [6, 6.07) is 17.8. The van der Waals surface area contributed by atoms with E-state index in [9.17, 15) is 4.79 Å². The summed E-state index contributed by atoms with van der Waals surface area (Å²) in [6.45, 7) is 6.25. The van der Waals surface area contributed by atoms with E-state index in [1.165, 1.54) is 0 Å². The molecule has 1 aliphatic heterocycles. The lowest BCUT2D eigenvalue weighted by Crippen LogP contribution is -2.39. The first kappa shape index (κ1) is 21.0. The van der Waals surface area contributed by atoms with Crippen LogP contribution in [0.5, 0.6) is 5.75 Å². The van der Waals surface area contributed by atoms with Gasteiger partial charge in [0.1, 0.15) is 12.4 Å². The van der Waals surface area contributed by atoms with Crippen LogP contribution in [0.25, 0.3) is 11.4 Å². The van der Waals surface area contributed by atoms with Crippen LogP contribution in [-0.4, -0.2) is 58.5 Å². The van der Waals surface area contributed by atoms with Gasteiger partial charge in [-0.2, -0.15) is 0 Å². The number of nitrogens with zero attached hydrogens (tertiary/aromatic N) is 4. The largest absolute Gasteiger partial charge is 0.492 e. The van der Waals surface area contributed by atoms with Crippen molar-refractivity contribution in [2.75, 3.05) is 32.8 Å². The number of rotatable bonds is 4. The number of hydrogen-bond donors (Lipinski definition) is 0. The van der Waals surface area contributed by atoms with Crippen LogP contribution in [0.3, 0.4) is 0 Å². The van der Waals surface area contributed by atoms with E-state index in [0.29, 0.717) is 32.7 Å². The third-order valence-electron chi connectivity index (χ3n) is 5.54. The van der Waals surface area contributed by atoms with Crippen LogP contribution >= 0.6 is 0 Å². The highest BCUT2D eigenvalue weighted by Gasteiger charge is 2.18. The normalized spacial score (nSPS) is 15.6. The van der Waals surface area contributed by atoms with Gasteiger partial charge in [-0.15, -0.1) is 0 Å². The van der Waals surface area contributed by atoms with Crippen LogP contribution in [0.2, 0.25) is 0 Å². The number of fused-ring (bicyclic) bond motifs is 1. The molecular weight excluding hydrogens is 388 g/mol. The fourth-order valence-electron chi connectivity index (χ4n) is 3.77. The lowest BCUT2D eigenvalue weighted by molar-refractivity contribution is -0.130. The zero-order valence-electron chi connectivity index (χ0n) is 17.9. The summed E-state index contributed by atoms with van der Waals surface area (Å²) < 4.78 is 6.04. The van der Waals surface area contributed by atoms with Gasteiger partial charge < -0.3 is 9.64 Å². The van der Waals surface area contributed by atoms with Gasteiger partial charge in [-0.05, 0) is 13.0 Å². The predicted molar refractivity (Wildman–Crippen MR) is 121 cm³/mol. The fraction of sp³-hybridized carbons (Fsp3) is 0.320. The molecule has 0 aliphatic carbocycles. The highest BCUT2D eigenvalue weighted by molar-refractivity contribution is 5.79. The minimum absolute atomic E-state index is 0.135. The molecule has 0 unspecified atom stereocenters. The molecule has 0 atom stereocenters. The molecule has 0 radical (unpaired) electrons. The van der Waals surface area contributed by atoms with Crippen molar-refractivity contribution in [1.82, 2.24) is 19.8 Å². The predicted octanol–water partition coefficient (Wildman–Crippen LogP) is 3.43. The molecule has 2 aromatic carbocycles. The van der Waals surface area contributed by atoms with E-state index >= 15 is 0 Å². The molecule has 0 bridgehead atoms. The Morgan fingerprint density at radius 3 is 2.45 bits per heavy atom. The van der Waals surface area contributed by atoms with Crippen LogP contribution in [0.4, 0.5) is 0 Å². The summed E-state index contributed by atoms with van der Waals surface area (Å²) in [7, 11) is 0. The number of para-hydroxylation sites is 1. The maximum atomic E-state index is 12.8. The third kappa shape index (κ3) is 5.47. The lowest BCUT2D eigenvalue weighted by atomic mass is 10.1. The van der Waals surface area contributed by atoms with E-state index in [1.54, 1.807) is 0 Å². The molecule has 31 heavy (non-hydrogen) atoms. The minimum atomic E-state index is 0.135. The van der Waals surface area contributed by atoms with Crippen LogP contribution in [0.15, 0.2) is 67.0 Å².